The van der Waals surface area contributed by atoms with E-state index in [1.165, 1.54) is 6.33 Å². The molecule has 5 heteroatoms. The number of nitrogens with zero attached hydrogens (tertiary/aromatic N) is 3. The molecule has 0 atom stereocenters. The van der Waals surface area contributed by atoms with Gasteiger partial charge < -0.3 is 10.6 Å². The highest BCUT2D eigenvalue weighted by Gasteiger charge is 2.11. The first-order chi connectivity index (χ1) is 6.52. The standard InChI is InChI=1S/C9H15BrN4/c1-6(2)4-14(3)9-7(10)8(11)12-5-13-9/h5-6H,4H2,1-3H3,(H2,11,12,13). The lowest BCUT2D eigenvalue weighted by molar-refractivity contribution is 0.633. The van der Waals surface area contributed by atoms with Crippen molar-refractivity contribution in [1.29, 1.82) is 0 Å². The third-order valence-corrected chi connectivity index (χ3v) is 2.56. The molecule has 4 nitrogen and oxygen atoms in total. The predicted octanol–water partition coefficient (Wildman–Crippen LogP) is 1.91. The summed E-state index contributed by atoms with van der Waals surface area (Å²) in [7, 11) is 1.99. The molecule has 1 aromatic heterocycles. The van der Waals surface area contributed by atoms with E-state index >= 15 is 0 Å². The van der Waals surface area contributed by atoms with E-state index in [2.05, 4.69) is 44.6 Å². The fourth-order valence-corrected chi connectivity index (χ4v) is 1.78. The van der Waals surface area contributed by atoms with Gasteiger partial charge in [0.2, 0.25) is 0 Å². The molecule has 0 aliphatic carbocycles. The summed E-state index contributed by atoms with van der Waals surface area (Å²) in [5.41, 5.74) is 5.66. The molecule has 0 bridgehead atoms. The Balaban J connectivity index is 2.89. The van der Waals surface area contributed by atoms with Crippen LogP contribution in [0.25, 0.3) is 0 Å². The van der Waals surface area contributed by atoms with Crippen LogP contribution in [0.15, 0.2) is 10.8 Å². The Morgan fingerprint density at radius 2 is 2.14 bits per heavy atom. The summed E-state index contributed by atoms with van der Waals surface area (Å²) in [5.74, 6) is 1.90. The van der Waals surface area contributed by atoms with Crippen molar-refractivity contribution in [2.45, 2.75) is 13.8 Å². The summed E-state index contributed by atoms with van der Waals surface area (Å²) in [4.78, 5) is 10.1. The monoisotopic (exact) mass is 258 g/mol. The number of rotatable bonds is 3. The van der Waals surface area contributed by atoms with Gasteiger partial charge in [0.15, 0.2) is 0 Å². The van der Waals surface area contributed by atoms with Crippen LogP contribution in [0.5, 0.6) is 0 Å². The Bertz CT molecular complexity index is 314. The summed E-state index contributed by atoms with van der Waals surface area (Å²) < 4.78 is 0.767. The lowest BCUT2D eigenvalue weighted by atomic mass is 10.2. The zero-order valence-corrected chi connectivity index (χ0v) is 10.2. The molecule has 0 spiro atoms. The topological polar surface area (TPSA) is 55.0 Å². The molecule has 0 amide bonds. The Morgan fingerprint density at radius 1 is 1.50 bits per heavy atom. The van der Waals surface area contributed by atoms with E-state index in [9.17, 15) is 0 Å². The summed E-state index contributed by atoms with van der Waals surface area (Å²) in [6.45, 7) is 5.26. The van der Waals surface area contributed by atoms with E-state index < -0.39 is 0 Å². The number of hydrogen-bond acceptors (Lipinski definition) is 4. The largest absolute Gasteiger partial charge is 0.383 e. The summed E-state index contributed by atoms with van der Waals surface area (Å²) in [6.07, 6.45) is 1.48. The van der Waals surface area contributed by atoms with Gasteiger partial charge in [0, 0.05) is 13.6 Å². The van der Waals surface area contributed by atoms with E-state index in [1.54, 1.807) is 0 Å². The maximum absolute atomic E-state index is 5.66. The quantitative estimate of drug-likeness (QED) is 0.900. The average Bonchev–Trinajstić information content (AvgIpc) is 2.08. The van der Waals surface area contributed by atoms with E-state index in [-0.39, 0.29) is 0 Å². The predicted molar refractivity (Wildman–Crippen MR) is 62.3 cm³/mol. The molecule has 0 radical (unpaired) electrons. The molecule has 2 N–H and O–H groups in total. The molecule has 14 heavy (non-hydrogen) atoms. The van der Waals surface area contributed by atoms with Crippen molar-refractivity contribution in [1.82, 2.24) is 9.97 Å². The molecule has 0 saturated heterocycles. The van der Waals surface area contributed by atoms with Crippen LogP contribution in [0, 0.1) is 5.92 Å². The van der Waals surface area contributed by atoms with Gasteiger partial charge in [0.25, 0.3) is 0 Å². The molecule has 0 aliphatic heterocycles. The van der Waals surface area contributed by atoms with Gasteiger partial charge in [0.1, 0.15) is 22.4 Å². The number of halogens is 1. The Hall–Kier alpha value is -0.840. The van der Waals surface area contributed by atoms with Gasteiger partial charge in [-0.15, -0.1) is 0 Å². The third-order valence-electron chi connectivity index (χ3n) is 1.80. The van der Waals surface area contributed by atoms with Gasteiger partial charge in [-0.2, -0.15) is 0 Å². The summed E-state index contributed by atoms with van der Waals surface area (Å²) in [6, 6.07) is 0. The van der Waals surface area contributed by atoms with Crippen molar-refractivity contribution in [3.8, 4) is 0 Å². The first kappa shape index (κ1) is 11.2. The maximum atomic E-state index is 5.66. The van der Waals surface area contributed by atoms with Gasteiger partial charge in [-0.3, -0.25) is 0 Å². The maximum Gasteiger partial charge on any atom is 0.148 e. The van der Waals surface area contributed by atoms with Crippen LogP contribution >= 0.6 is 15.9 Å². The van der Waals surface area contributed by atoms with Crippen LogP contribution in [-0.2, 0) is 0 Å². The normalized spacial score (nSPS) is 10.6. The lowest BCUT2D eigenvalue weighted by Crippen LogP contribution is -2.24. The SMILES string of the molecule is CC(C)CN(C)c1ncnc(N)c1Br. The zero-order chi connectivity index (χ0) is 10.7. The molecule has 78 valence electrons. The van der Waals surface area contributed by atoms with Crippen molar-refractivity contribution in [3.05, 3.63) is 10.8 Å². The highest BCUT2D eigenvalue weighted by atomic mass is 79.9. The first-order valence-electron chi connectivity index (χ1n) is 4.49. The second kappa shape index (κ2) is 4.59. The Morgan fingerprint density at radius 3 is 2.71 bits per heavy atom. The molecule has 0 saturated carbocycles. The van der Waals surface area contributed by atoms with Gasteiger partial charge >= 0.3 is 0 Å². The number of nitrogen functional groups attached to an aromatic ring is 1. The number of nitrogens with two attached hydrogens (primary N) is 1. The number of hydrogen-bond donors (Lipinski definition) is 1. The van der Waals surface area contributed by atoms with Crippen molar-refractivity contribution < 1.29 is 0 Å². The average molecular weight is 259 g/mol. The minimum atomic E-state index is 0.477. The summed E-state index contributed by atoms with van der Waals surface area (Å²) in [5, 5.41) is 0. The van der Waals surface area contributed by atoms with Crippen LogP contribution < -0.4 is 10.6 Å². The second-order valence-corrected chi connectivity index (χ2v) is 4.46. The first-order valence-corrected chi connectivity index (χ1v) is 5.28. The van der Waals surface area contributed by atoms with E-state index in [1.807, 2.05) is 7.05 Å². The fourth-order valence-electron chi connectivity index (χ4n) is 1.27. The van der Waals surface area contributed by atoms with Gasteiger partial charge in [-0.1, -0.05) is 13.8 Å². The molecule has 0 aromatic carbocycles. The minimum absolute atomic E-state index is 0.477. The van der Waals surface area contributed by atoms with Gasteiger partial charge in [-0.25, -0.2) is 9.97 Å². The van der Waals surface area contributed by atoms with Crippen LogP contribution in [0.1, 0.15) is 13.8 Å². The van der Waals surface area contributed by atoms with Crippen LogP contribution in [0.2, 0.25) is 0 Å². The Kier molecular flexibility index (Phi) is 3.69. The van der Waals surface area contributed by atoms with Crippen molar-refractivity contribution >= 4 is 27.6 Å². The van der Waals surface area contributed by atoms with Gasteiger partial charge in [-0.05, 0) is 21.8 Å². The smallest absolute Gasteiger partial charge is 0.148 e. The van der Waals surface area contributed by atoms with Crippen molar-refractivity contribution in [3.63, 3.8) is 0 Å². The van der Waals surface area contributed by atoms with Crippen LogP contribution in [-0.4, -0.2) is 23.6 Å². The van der Waals surface area contributed by atoms with Crippen LogP contribution in [0.4, 0.5) is 11.6 Å². The number of aromatic nitrogens is 2. The molecule has 1 heterocycles. The molecular formula is C9H15BrN4. The molecular weight excluding hydrogens is 244 g/mol. The van der Waals surface area contributed by atoms with E-state index in [0.717, 1.165) is 16.8 Å². The molecule has 0 aliphatic rings. The third kappa shape index (κ3) is 2.57. The number of anilines is 2. The minimum Gasteiger partial charge on any atom is -0.383 e. The van der Waals surface area contributed by atoms with E-state index in [0.29, 0.717) is 11.7 Å². The molecule has 0 fully saturated rings. The highest BCUT2D eigenvalue weighted by Crippen LogP contribution is 2.26. The molecule has 1 rings (SSSR count). The Labute approximate surface area is 92.7 Å². The lowest BCUT2D eigenvalue weighted by Gasteiger charge is -2.21. The molecule has 0 unspecified atom stereocenters. The van der Waals surface area contributed by atoms with Crippen molar-refractivity contribution in [2.75, 3.05) is 24.2 Å². The van der Waals surface area contributed by atoms with Crippen molar-refractivity contribution in [2.24, 2.45) is 5.92 Å². The van der Waals surface area contributed by atoms with E-state index in [4.69, 9.17) is 5.73 Å². The summed E-state index contributed by atoms with van der Waals surface area (Å²) >= 11 is 3.38. The second-order valence-electron chi connectivity index (χ2n) is 3.67. The fraction of sp³-hybridized carbons (Fsp3) is 0.556. The highest BCUT2D eigenvalue weighted by molar-refractivity contribution is 9.10. The van der Waals surface area contributed by atoms with Crippen LogP contribution in [0.3, 0.4) is 0 Å². The molecule has 1 aromatic rings. The zero-order valence-electron chi connectivity index (χ0n) is 8.66. The van der Waals surface area contributed by atoms with Gasteiger partial charge in [0.05, 0.1) is 0 Å².